The summed E-state index contributed by atoms with van der Waals surface area (Å²) >= 11 is 5.89. The van der Waals surface area contributed by atoms with Gasteiger partial charge < -0.3 is 5.73 Å². The van der Waals surface area contributed by atoms with E-state index >= 15 is 0 Å². The fraction of sp³-hybridized carbons (Fsp3) is 0.429. The summed E-state index contributed by atoms with van der Waals surface area (Å²) in [6, 6.07) is 8.12. The molecule has 92 valence electrons. The van der Waals surface area contributed by atoms with Crippen molar-refractivity contribution in [3.8, 4) is 0 Å². The van der Waals surface area contributed by atoms with Crippen molar-refractivity contribution in [3.05, 3.63) is 40.9 Å². The summed E-state index contributed by atoms with van der Waals surface area (Å²) in [6.45, 7) is 4.07. The maximum Gasteiger partial charge on any atom is 0.0406 e. The molecule has 2 N–H and O–H groups in total. The molecule has 0 aliphatic carbocycles. The molecule has 0 bridgehead atoms. The molecule has 1 aliphatic heterocycles. The highest BCUT2D eigenvalue weighted by Crippen LogP contribution is 2.23. The second-order valence-corrected chi connectivity index (χ2v) is 4.87. The Labute approximate surface area is 108 Å². The summed E-state index contributed by atoms with van der Waals surface area (Å²) in [5.74, 6) is 0. The number of rotatable bonds is 4. The van der Waals surface area contributed by atoms with Crippen molar-refractivity contribution in [1.29, 1.82) is 0 Å². The van der Waals surface area contributed by atoms with Crippen LogP contribution in [0.2, 0.25) is 5.02 Å². The Kier molecular flexibility index (Phi) is 4.60. The average Bonchev–Trinajstić information content (AvgIpc) is 2.38. The largest absolute Gasteiger partial charge is 0.330 e. The molecule has 0 spiro atoms. The smallest absolute Gasteiger partial charge is 0.0406 e. The Morgan fingerprint density at radius 2 is 2.00 bits per heavy atom. The monoisotopic (exact) mass is 250 g/mol. The van der Waals surface area contributed by atoms with Gasteiger partial charge >= 0.3 is 0 Å². The molecule has 2 nitrogen and oxygen atoms in total. The molecule has 1 heterocycles. The lowest BCUT2D eigenvalue weighted by Gasteiger charge is -2.26. The summed E-state index contributed by atoms with van der Waals surface area (Å²) < 4.78 is 0. The zero-order valence-electron chi connectivity index (χ0n) is 10.0. The molecule has 0 atom stereocenters. The molecule has 3 heteroatoms. The summed E-state index contributed by atoms with van der Waals surface area (Å²) in [5, 5.41) is 0.801. The Balaban J connectivity index is 1.96. The highest BCUT2D eigenvalue weighted by molar-refractivity contribution is 6.30. The minimum atomic E-state index is 0.782. The third-order valence-corrected chi connectivity index (χ3v) is 3.44. The maximum absolute atomic E-state index is 5.89. The van der Waals surface area contributed by atoms with E-state index in [1.54, 1.807) is 0 Å². The van der Waals surface area contributed by atoms with Crippen LogP contribution in [0.1, 0.15) is 18.4 Å². The van der Waals surface area contributed by atoms with E-state index in [1.165, 1.54) is 11.1 Å². The predicted octanol–water partition coefficient (Wildman–Crippen LogP) is 2.78. The summed E-state index contributed by atoms with van der Waals surface area (Å²) in [5.41, 5.74) is 8.26. The quantitative estimate of drug-likeness (QED) is 0.891. The molecule has 17 heavy (non-hydrogen) atoms. The molecule has 1 aliphatic rings. The van der Waals surface area contributed by atoms with Crippen molar-refractivity contribution in [3.63, 3.8) is 0 Å². The van der Waals surface area contributed by atoms with Crippen LogP contribution in [0.3, 0.4) is 0 Å². The van der Waals surface area contributed by atoms with Crippen molar-refractivity contribution in [1.82, 2.24) is 4.90 Å². The van der Waals surface area contributed by atoms with Gasteiger partial charge in [0.2, 0.25) is 0 Å². The molecule has 0 radical (unpaired) electrons. The maximum atomic E-state index is 5.89. The average molecular weight is 251 g/mol. The van der Waals surface area contributed by atoms with Gasteiger partial charge in [-0.3, -0.25) is 4.90 Å². The molecule has 0 saturated carbocycles. The van der Waals surface area contributed by atoms with Crippen LogP contribution in [0.5, 0.6) is 0 Å². The van der Waals surface area contributed by atoms with Crippen LogP contribution >= 0.6 is 11.6 Å². The SMILES string of the molecule is NCCCN1CC=C(c2ccc(Cl)cc2)CC1. The first-order valence-corrected chi connectivity index (χ1v) is 6.55. The summed E-state index contributed by atoms with van der Waals surface area (Å²) in [4.78, 5) is 2.45. The molecular formula is C14H19ClN2. The zero-order chi connectivity index (χ0) is 12.1. The van der Waals surface area contributed by atoms with E-state index in [4.69, 9.17) is 17.3 Å². The van der Waals surface area contributed by atoms with Crippen LogP contribution in [0.15, 0.2) is 30.3 Å². The Morgan fingerprint density at radius 1 is 1.24 bits per heavy atom. The van der Waals surface area contributed by atoms with Crippen molar-refractivity contribution < 1.29 is 0 Å². The van der Waals surface area contributed by atoms with E-state index in [2.05, 4.69) is 23.1 Å². The van der Waals surface area contributed by atoms with Gasteiger partial charge in [-0.2, -0.15) is 0 Å². The molecule has 2 rings (SSSR count). The molecule has 1 aromatic rings. The van der Waals surface area contributed by atoms with Gasteiger partial charge in [0.1, 0.15) is 0 Å². The van der Waals surface area contributed by atoms with Crippen LogP contribution in [0.4, 0.5) is 0 Å². The lowest BCUT2D eigenvalue weighted by molar-refractivity contribution is 0.300. The van der Waals surface area contributed by atoms with E-state index in [0.717, 1.165) is 44.0 Å². The van der Waals surface area contributed by atoms with E-state index in [9.17, 15) is 0 Å². The Bertz CT molecular complexity index is 384. The fourth-order valence-corrected chi connectivity index (χ4v) is 2.28. The summed E-state index contributed by atoms with van der Waals surface area (Å²) in [7, 11) is 0. The number of hydrogen-bond donors (Lipinski definition) is 1. The van der Waals surface area contributed by atoms with Crippen LogP contribution in [-0.2, 0) is 0 Å². The first-order chi connectivity index (χ1) is 8.29. The summed E-state index contributed by atoms with van der Waals surface area (Å²) in [6.07, 6.45) is 4.53. The Morgan fingerprint density at radius 3 is 2.59 bits per heavy atom. The second-order valence-electron chi connectivity index (χ2n) is 4.43. The molecule has 0 aromatic heterocycles. The van der Waals surface area contributed by atoms with Crippen LogP contribution < -0.4 is 5.73 Å². The van der Waals surface area contributed by atoms with Gasteiger partial charge in [-0.25, -0.2) is 0 Å². The van der Waals surface area contributed by atoms with Gasteiger partial charge in [0.25, 0.3) is 0 Å². The fourth-order valence-electron chi connectivity index (χ4n) is 2.16. The normalized spacial score (nSPS) is 16.9. The lowest BCUT2D eigenvalue weighted by atomic mass is 9.99. The van der Waals surface area contributed by atoms with E-state index in [1.807, 2.05) is 12.1 Å². The first-order valence-electron chi connectivity index (χ1n) is 6.17. The topological polar surface area (TPSA) is 29.3 Å². The van der Waals surface area contributed by atoms with Gasteiger partial charge in [-0.05, 0) is 49.2 Å². The standard InChI is InChI=1S/C14H19ClN2/c15-14-4-2-12(3-5-14)13-6-10-17(11-7-13)9-1-8-16/h2-6H,1,7-11,16H2. The molecule has 0 unspecified atom stereocenters. The number of hydrogen-bond acceptors (Lipinski definition) is 2. The number of nitrogens with zero attached hydrogens (tertiary/aromatic N) is 1. The van der Waals surface area contributed by atoms with E-state index < -0.39 is 0 Å². The molecular weight excluding hydrogens is 232 g/mol. The number of nitrogens with two attached hydrogens (primary N) is 1. The predicted molar refractivity (Wildman–Crippen MR) is 74.2 cm³/mol. The van der Waals surface area contributed by atoms with E-state index in [-0.39, 0.29) is 0 Å². The van der Waals surface area contributed by atoms with E-state index in [0.29, 0.717) is 0 Å². The second kappa shape index (κ2) is 6.20. The number of benzene rings is 1. The van der Waals surface area contributed by atoms with Crippen LogP contribution in [0, 0.1) is 0 Å². The zero-order valence-corrected chi connectivity index (χ0v) is 10.8. The third kappa shape index (κ3) is 3.56. The first kappa shape index (κ1) is 12.6. The lowest BCUT2D eigenvalue weighted by Crippen LogP contribution is -2.30. The van der Waals surface area contributed by atoms with Gasteiger partial charge in [0.15, 0.2) is 0 Å². The van der Waals surface area contributed by atoms with Crippen LogP contribution in [-0.4, -0.2) is 31.1 Å². The molecule has 0 saturated heterocycles. The van der Waals surface area contributed by atoms with Gasteiger partial charge in [0.05, 0.1) is 0 Å². The Hall–Kier alpha value is -0.830. The van der Waals surface area contributed by atoms with Crippen molar-refractivity contribution >= 4 is 17.2 Å². The minimum Gasteiger partial charge on any atom is -0.330 e. The highest BCUT2D eigenvalue weighted by Gasteiger charge is 2.11. The van der Waals surface area contributed by atoms with Gasteiger partial charge in [0, 0.05) is 18.1 Å². The van der Waals surface area contributed by atoms with Gasteiger partial charge in [-0.1, -0.05) is 29.8 Å². The third-order valence-electron chi connectivity index (χ3n) is 3.19. The minimum absolute atomic E-state index is 0.782. The number of halogens is 1. The van der Waals surface area contributed by atoms with Crippen molar-refractivity contribution in [2.45, 2.75) is 12.8 Å². The molecule has 0 amide bonds. The molecule has 0 fully saturated rings. The van der Waals surface area contributed by atoms with Crippen molar-refractivity contribution in [2.24, 2.45) is 5.73 Å². The molecule has 1 aromatic carbocycles. The van der Waals surface area contributed by atoms with Gasteiger partial charge in [-0.15, -0.1) is 0 Å². The highest BCUT2D eigenvalue weighted by atomic mass is 35.5. The van der Waals surface area contributed by atoms with Crippen LogP contribution in [0.25, 0.3) is 5.57 Å². The van der Waals surface area contributed by atoms with Crippen molar-refractivity contribution in [2.75, 3.05) is 26.2 Å².